The average molecular weight is 757 g/mol. The minimum atomic E-state index is -4.06. The van der Waals surface area contributed by atoms with Crippen LogP contribution in [0.2, 0.25) is 0 Å². The smallest absolute Gasteiger partial charge is 0.0651 e. The molecule has 0 unspecified atom stereocenters. The van der Waals surface area contributed by atoms with Gasteiger partial charge in [-0.3, -0.25) is 0 Å². The lowest BCUT2D eigenvalue weighted by Gasteiger charge is -2.28. The van der Waals surface area contributed by atoms with Crippen molar-refractivity contribution in [3.63, 3.8) is 0 Å². The van der Waals surface area contributed by atoms with Crippen LogP contribution in [0.4, 0.5) is 17.1 Å². The topological polar surface area (TPSA) is 3.24 Å². The molecule has 0 aliphatic heterocycles. The zero-order valence-electron chi connectivity index (χ0n) is 64.4. The van der Waals surface area contributed by atoms with Gasteiger partial charge in [-0.15, -0.1) is 11.3 Å². The molecule has 1 aliphatic carbocycles. The van der Waals surface area contributed by atoms with Crippen molar-refractivity contribution >= 4 is 70.1 Å². The van der Waals surface area contributed by atoms with E-state index in [1.807, 2.05) is 0 Å². The summed E-state index contributed by atoms with van der Waals surface area (Å²) in [5.74, 6) is 0. The van der Waals surface area contributed by atoms with Crippen LogP contribution in [0.1, 0.15) is 75.5 Å². The van der Waals surface area contributed by atoms with E-state index in [9.17, 15) is 19.2 Å². The van der Waals surface area contributed by atoms with E-state index in [4.69, 9.17) is 31.5 Å². The molecule has 0 fully saturated rings. The number of nitrogens with zero attached hydrogens (tertiary/aromatic N) is 1. The second-order valence-electron chi connectivity index (χ2n) is 12.0. The summed E-state index contributed by atoms with van der Waals surface area (Å²) in [6.07, 6.45) is 0. The molecular formula is C53H37NS. The lowest BCUT2D eigenvalue weighted by Crippen LogP contribution is -2.16. The average Bonchev–Trinajstić information content (AvgIpc) is 1.51. The lowest BCUT2D eigenvalue weighted by atomic mass is 9.82. The molecule has 0 bridgehead atoms. The fourth-order valence-electron chi connectivity index (χ4n) is 6.49. The van der Waals surface area contributed by atoms with Crippen molar-refractivity contribution in [2.24, 2.45) is 0 Å². The number of thiophene rings is 1. The van der Waals surface area contributed by atoms with Crippen LogP contribution >= 0.6 is 11.3 Å². The Morgan fingerprint density at radius 1 is 0.455 bits per heavy atom. The molecule has 0 saturated carbocycles. The van der Waals surface area contributed by atoms with Crippen LogP contribution in [0, 0.1) is 0 Å². The molecule has 0 amide bonds. The predicted octanol–water partition coefficient (Wildman–Crippen LogP) is 15.5. The first-order valence-corrected chi connectivity index (χ1v) is 16.9. The van der Waals surface area contributed by atoms with Gasteiger partial charge in [-0.1, -0.05) is 159 Å². The van der Waals surface area contributed by atoms with E-state index in [1.54, 1.807) is 0 Å². The van der Waals surface area contributed by atoms with Crippen LogP contribution in [-0.2, 0) is 5.41 Å². The second-order valence-corrected chi connectivity index (χ2v) is 13.0. The van der Waals surface area contributed by atoms with Crippen molar-refractivity contribution in [1.29, 1.82) is 0 Å². The number of hydrogen-bond donors (Lipinski definition) is 0. The molecule has 1 heterocycles. The highest BCUT2D eigenvalue weighted by atomic mass is 32.1. The number of benzene rings is 9. The van der Waals surface area contributed by atoms with E-state index in [0.717, 1.165) is 0 Å². The second kappa shape index (κ2) is 12.3. The Kier molecular flexibility index (Phi) is 2.68. The van der Waals surface area contributed by atoms with Crippen molar-refractivity contribution in [2.45, 2.75) is 19.1 Å². The first kappa shape index (κ1) is 12.0. The van der Waals surface area contributed by atoms with Crippen molar-refractivity contribution < 1.29 is 50.7 Å². The first-order chi connectivity index (χ1) is 42.5. The Labute approximate surface area is 377 Å². The van der Waals surface area contributed by atoms with Gasteiger partial charge in [0.15, 0.2) is 0 Å². The van der Waals surface area contributed by atoms with E-state index in [2.05, 4.69) is 0 Å². The van der Waals surface area contributed by atoms with E-state index < -0.39 is 295 Å². The molecule has 55 heavy (non-hydrogen) atoms. The Hall–Kier alpha value is -6.48. The van der Waals surface area contributed by atoms with E-state index in [-0.39, 0.29) is 19.7 Å². The highest BCUT2D eigenvalue weighted by Crippen LogP contribution is 2.51. The van der Waals surface area contributed by atoms with Gasteiger partial charge in [-0.2, -0.15) is 0 Å². The monoisotopic (exact) mass is 756 g/mol. The zero-order chi connectivity index (χ0) is 68.7. The predicted molar refractivity (Wildman–Crippen MR) is 237 cm³/mol. The molecule has 0 saturated heterocycles. The molecular weight excluding hydrogens is 683 g/mol. The maximum absolute atomic E-state index is 10.1. The van der Waals surface area contributed by atoms with Crippen LogP contribution in [-0.4, -0.2) is 0 Å². The van der Waals surface area contributed by atoms with Crippen LogP contribution in [0.5, 0.6) is 0 Å². The minimum Gasteiger partial charge on any atom is -0.310 e. The van der Waals surface area contributed by atoms with E-state index in [0.29, 0.717) is 11.3 Å². The van der Waals surface area contributed by atoms with Gasteiger partial charge in [-0.05, 0) is 103 Å². The maximum atomic E-state index is 10.1. The molecule has 0 radical (unpaired) electrons. The van der Waals surface area contributed by atoms with Gasteiger partial charge in [0.25, 0.3) is 0 Å². The van der Waals surface area contributed by atoms with Crippen molar-refractivity contribution in [1.82, 2.24) is 0 Å². The van der Waals surface area contributed by atoms with E-state index in [1.165, 1.54) is 0 Å². The fraction of sp³-hybridized carbons (Fsp3) is 0.0566. The third-order valence-electron chi connectivity index (χ3n) is 8.94. The summed E-state index contributed by atoms with van der Waals surface area (Å²) in [4.78, 5) is 0.161. The van der Waals surface area contributed by atoms with Crippen LogP contribution in [0.15, 0.2) is 187 Å². The maximum Gasteiger partial charge on any atom is 0.0651 e. The Morgan fingerprint density at radius 3 is 1.95 bits per heavy atom. The molecule has 0 N–H and O–H groups in total. The first-order valence-electron chi connectivity index (χ1n) is 34.6. The molecule has 0 spiro atoms. The number of rotatable bonds is 5. The zero-order valence-corrected chi connectivity index (χ0v) is 28.2. The van der Waals surface area contributed by atoms with Gasteiger partial charge in [-0.25, -0.2) is 0 Å². The molecule has 0 atom stereocenters. The van der Waals surface area contributed by atoms with Gasteiger partial charge in [0, 0.05) is 56.4 Å². The molecule has 260 valence electrons. The summed E-state index contributed by atoms with van der Waals surface area (Å²) in [5.41, 5.74) is -16.2. The summed E-state index contributed by atoms with van der Waals surface area (Å²) in [7, 11) is 0. The molecule has 11 rings (SSSR count). The van der Waals surface area contributed by atoms with Gasteiger partial charge in [0.1, 0.15) is 0 Å². The molecule has 10 aromatic rings. The van der Waals surface area contributed by atoms with Gasteiger partial charge < -0.3 is 4.90 Å². The van der Waals surface area contributed by atoms with E-state index >= 15 is 0 Å². The number of hydrogen-bond acceptors (Lipinski definition) is 2. The number of fused-ring (bicyclic) bond motifs is 8. The highest BCUT2D eigenvalue weighted by Gasteiger charge is 2.35. The normalized spacial score (nSPS) is 23.0. The Bertz CT molecular complexity index is 5110. The minimum absolute atomic E-state index is 0.161. The molecule has 1 nitrogen and oxygen atoms in total. The summed E-state index contributed by atoms with van der Waals surface area (Å²) in [5, 5.41) is -4.09. The summed E-state index contributed by atoms with van der Waals surface area (Å²) in [6, 6.07) is -35.0. The SMILES string of the molecule is [2H]c1c([2H])c([2H])c2c(c1[2H])-c1c([2H])c([2H])c(N(c3c([2H])c([2H])c(-c4c([2H])c([2H])c5c([2H])c([2H])c([2H])c([2H])c5c4-c4c([2H])c([2H])c([2H])c5c4sc4c([2H])c([2H])c([2H])c([2H])c45)c([2H])c3[2H])c3c([2H])c([2H])c4c([2H])c([2H])c([2H])c([2H])c4c3[2H])c([2H])c1C2(C([2H])([2H])[2H])C([2H])([2H])[2H]. The van der Waals surface area contributed by atoms with Crippen molar-refractivity contribution in [2.75, 3.05) is 4.90 Å². The summed E-state index contributed by atoms with van der Waals surface area (Å²) in [6.45, 7) is -8.13. The Balaban J connectivity index is 1.39. The molecule has 9 aromatic carbocycles. The number of anilines is 3. The standard InChI is InChI=1S/C53H37NS/c1-53(2)48-20-9-7-16-43(48)44-31-29-40(33-49(44)53)54(39-28-22-34-12-3-4-14-37(34)32-39)38-26-23-36(24-27-38)42-30-25-35-13-5-6-15-41(35)51(42)47-19-11-18-46-45-17-8-10-21-50(45)55-52(46)47/h3-33H,1-2H3/i1D3,2D3,3D,4D,5D,6D,7D,8D,9D,10D,11D,12D,13D,14D,15D,16D,17D,18D,19D,20D,21D,22D,23D,24D,25D,26D,27D,28D,29D,30D,31D,32D,33D. The van der Waals surface area contributed by atoms with Gasteiger partial charge >= 0.3 is 0 Å². The quantitative estimate of drug-likeness (QED) is 0.169. The third kappa shape index (κ3) is 4.99. The van der Waals surface area contributed by atoms with Gasteiger partial charge in [0.2, 0.25) is 0 Å². The molecule has 1 aliphatic rings. The van der Waals surface area contributed by atoms with Crippen molar-refractivity contribution in [3.05, 3.63) is 198 Å². The summed E-state index contributed by atoms with van der Waals surface area (Å²) >= 11 is 0.494. The third-order valence-corrected chi connectivity index (χ3v) is 10.1. The van der Waals surface area contributed by atoms with Crippen molar-refractivity contribution in [3.8, 4) is 33.4 Å². The van der Waals surface area contributed by atoms with Crippen LogP contribution < -0.4 is 4.90 Å². The van der Waals surface area contributed by atoms with Gasteiger partial charge in [0.05, 0.1) is 42.5 Å². The fourth-order valence-corrected chi connectivity index (χ4v) is 7.56. The molecule has 1 aromatic heterocycles. The van der Waals surface area contributed by atoms with Crippen LogP contribution in [0.25, 0.3) is 75.1 Å². The summed E-state index contributed by atoms with van der Waals surface area (Å²) < 4.78 is 339. The lowest BCUT2D eigenvalue weighted by molar-refractivity contribution is 0.660. The molecule has 2 heteroatoms. The Morgan fingerprint density at radius 2 is 1.07 bits per heavy atom. The largest absolute Gasteiger partial charge is 0.310 e. The van der Waals surface area contributed by atoms with Crippen LogP contribution in [0.3, 0.4) is 0 Å². The highest BCUT2D eigenvalue weighted by molar-refractivity contribution is 7.26.